The average Bonchev–Trinajstić information content (AvgIpc) is 4.21. The second kappa shape index (κ2) is 15.4. The van der Waals surface area contributed by atoms with Gasteiger partial charge in [0.1, 0.15) is 22.6 Å². The number of anilines is 2. The number of hydrogen-bond acceptors (Lipinski definition) is 7. The van der Waals surface area contributed by atoms with E-state index in [-0.39, 0.29) is 21.1 Å². The first kappa shape index (κ1) is 39.0. The molecule has 0 spiro atoms. The minimum Gasteiger partial charge on any atom is -0.512 e. The summed E-state index contributed by atoms with van der Waals surface area (Å²) in [7, 11) is 0. The molecule has 0 N–H and O–H groups in total. The second-order valence-electron chi connectivity index (χ2n) is 16.4. The van der Waals surface area contributed by atoms with Gasteiger partial charge >= 0.3 is 0 Å². The normalized spacial score (nSPS) is 12.8. The number of pyridine rings is 1. The van der Waals surface area contributed by atoms with Gasteiger partial charge in [0, 0.05) is 72.1 Å². The van der Waals surface area contributed by atoms with E-state index in [2.05, 4.69) is 136 Å². The predicted molar refractivity (Wildman–Crippen MR) is 262 cm³/mol. The summed E-state index contributed by atoms with van der Waals surface area (Å²) < 4.78 is 24.1. The molecule has 1 aliphatic rings. The molecule has 10 heteroatoms. The molecule has 1 aliphatic heterocycles. The maximum absolute atomic E-state index is 6.93. The van der Waals surface area contributed by atoms with Crippen molar-refractivity contribution < 1.29 is 34.6 Å². The molecule has 9 nitrogen and oxygen atoms in total. The van der Waals surface area contributed by atoms with E-state index in [1.54, 1.807) is 6.20 Å². The van der Waals surface area contributed by atoms with Crippen molar-refractivity contribution in [3.05, 3.63) is 213 Å². The van der Waals surface area contributed by atoms with Gasteiger partial charge in [-0.25, -0.2) is 9.97 Å². The number of fused-ring (bicyclic) bond motifs is 11. The first-order valence-corrected chi connectivity index (χ1v) is 21.7. The van der Waals surface area contributed by atoms with E-state index in [9.17, 15) is 0 Å². The molecule has 0 bridgehead atoms. The summed E-state index contributed by atoms with van der Waals surface area (Å²) in [5.41, 5.74) is 12.7. The molecular formula is C57H33N6O3Pt-3. The average molecular weight is 1050 g/mol. The molecule has 13 aromatic rings. The third-order valence-electron chi connectivity index (χ3n) is 12.5. The van der Waals surface area contributed by atoms with Crippen LogP contribution in [0.25, 0.3) is 99.8 Å². The molecule has 0 radical (unpaired) electrons. The van der Waals surface area contributed by atoms with Gasteiger partial charge in [-0.1, -0.05) is 121 Å². The van der Waals surface area contributed by atoms with Crippen LogP contribution in [0.1, 0.15) is 0 Å². The largest absolute Gasteiger partial charge is 0.512 e. The number of hydrogen-bond donors (Lipinski definition) is 0. The van der Waals surface area contributed by atoms with E-state index in [0.29, 0.717) is 22.7 Å². The van der Waals surface area contributed by atoms with Crippen LogP contribution in [0.15, 0.2) is 203 Å². The van der Waals surface area contributed by atoms with Crippen molar-refractivity contribution in [2.45, 2.75) is 0 Å². The van der Waals surface area contributed by atoms with Gasteiger partial charge in [-0.05, 0) is 71.0 Å². The van der Waals surface area contributed by atoms with Crippen LogP contribution in [0.5, 0.6) is 11.5 Å². The molecule has 8 aromatic carbocycles. The number of rotatable bonds is 7. The molecule has 0 fully saturated rings. The molecule has 0 amide bonds. The first-order chi connectivity index (χ1) is 32.7. The van der Waals surface area contributed by atoms with Crippen molar-refractivity contribution in [3.63, 3.8) is 0 Å². The number of aromatic nitrogens is 4. The molecule has 5 aromatic heterocycles. The zero-order valence-corrected chi connectivity index (χ0v) is 37.5. The molecule has 0 aliphatic carbocycles. The minimum absolute atomic E-state index is 0. The van der Waals surface area contributed by atoms with Crippen molar-refractivity contribution in [2.75, 3.05) is 9.80 Å². The number of ether oxygens (including phenoxy) is 1. The Morgan fingerprint density at radius 2 is 1.27 bits per heavy atom. The van der Waals surface area contributed by atoms with E-state index in [4.69, 9.17) is 23.5 Å². The van der Waals surface area contributed by atoms with Crippen LogP contribution in [0.4, 0.5) is 11.4 Å². The van der Waals surface area contributed by atoms with Gasteiger partial charge in [-0.15, -0.1) is 42.7 Å². The van der Waals surface area contributed by atoms with Crippen LogP contribution in [-0.4, -0.2) is 18.9 Å². The number of para-hydroxylation sites is 4. The molecule has 6 heterocycles. The number of nitrogens with zero attached hydrogens (tertiary/aromatic N) is 6. The number of benzene rings is 8. The summed E-state index contributed by atoms with van der Waals surface area (Å²) in [5, 5.41) is 3.85. The van der Waals surface area contributed by atoms with Crippen LogP contribution in [0.2, 0.25) is 0 Å². The fourth-order valence-corrected chi connectivity index (χ4v) is 9.54. The monoisotopic (exact) mass is 1040 g/mol. The molecule has 14 rings (SSSR count). The fraction of sp³-hybridized carbons (Fsp3) is 0. The molecule has 0 atom stereocenters. The third kappa shape index (κ3) is 6.19. The Labute approximate surface area is 397 Å². The second-order valence-corrected chi connectivity index (χ2v) is 16.4. The Morgan fingerprint density at radius 1 is 0.552 bits per heavy atom. The van der Waals surface area contributed by atoms with Crippen LogP contribution < -0.4 is 14.5 Å². The summed E-state index contributed by atoms with van der Waals surface area (Å²) in [5.74, 6) is 2.34. The van der Waals surface area contributed by atoms with E-state index >= 15 is 0 Å². The zero-order chi connectivity index (χ0) is 43.3. The van der Waals surface area contributed by atoms with E-state index in [1.165, 1.54) is 0 Å². The smallest absolute Gasteiger partial charge is 0.208 e. The summed E-state index contributed by atoms with van der Waals surface area (Å²) in [6, 6.07) is 67.1. The quantitative estimate of drug-likeness (QED) is 0.147. The third-order valence-corrected chi connectivity index (χ3v) is 12.5. The predicted octanol–water partition coefficient (Wildman–Crippen LogP) is 14.3. The van der Waals surface area contributed by atoms with Gasteiger partial charge in [-0.3, -0.25) is 4.57 Å². The van der Waals surface area contributed by atoms with Crippen molar-refractivity contribution >= 4 is 83.1 Å². The zero-order valence-electron chi connectivity index (χ0n) is 35.3. The van der Waals surface area contributed by atoms with Crippen LogP contribution in [0, 0.1) is 18.8 Å². The van der Waals surface area contributed by atoms with Crippen LogP contribution in [-0.2, 0) is 21.1 Å². The molecule has 322 valence electrons. The van der Waals surface area contributed by atoms with Crippen molar-refractivity contribution in [3.8, 4) is 39.6 Å². The molecular weight excluding hydrogens is 1010 g/mol. The van der Waals surface area contributed by atoms with E-state index in [1.807, 2.05) is 89.5 Å². The van der Waals surface area contributed by atoms with Gasteiger partial charge in [0.25, 0.3) is 0 Å². The van der Waals surface area contributed by atoms with Gasteiger partial charge in [-0.2, -0.15) is 0 Å². The number of imidazole rings is 2. The molecule has 0 saturated carbocycles. The van der Waals surface area contributed by atoms with Crippen LogP contribution >= 0.6 is 0 Å². The Hall–Kier alpha value is -8.39. The fourth-order valence-electron chi connectivity index (χ4n) is 9.54. The van der Waals surface area contributed by atoms with E-state index < -0.39 is 0 Å². The summed E-state index contributed by atoms with van der Waals surface area (Å²) >= 11 is 0. The van der Waals surface area contributed by atoms with Crippen molar-refractivity contribution in [1.82, 2.24) is 18.9 Å². The molecule has 67 heavy (non-hydrogen) atoms. The van der Waals surface area contributed by atoms with Gasteiger partial charge in [0.05, 0.1) is 22.4 Å². The summed E-state index contributed by atoms with van der Waals surface area (Å²) in [4.78, 5) is 14.1. The van der Waals surface area contributed by atoms with Gasteiger partial charge < -0.3 is 27.8 Å². The Kier molecular flexibility index (Phi) is 8.95. The number of furan rings is 2. The topological polar surface area (TPSA) is 77.1 Å². The SMILES string of the molecule is [Pt].[c-]1c(N2C=CN(c3c(-c4ccccc4)cccc3-c3ccccc3)[CH-]2)cc2c(oc3cc4oc5ccccc5c4cc32)c1Oc1[c-]c2c(cc1)n1c3ccccc3nc1n2-c1ccccn1. The van der Waals surface area contributed by atoms with Crippen LogP contribution in [0.3, 0.4) is 0 Å². The van der Waals surface area contributed by atoms with Gasteiger partial charge in [0.15, 0.2) is 0 Å². The Morgan fingerprint density at radius 3 is 2.07 bits per heavy atom. The Balaban J connectivity index is 0.00000446. The van der Waals surface area contributed by atoms with E-state index in [0.717, 1.165) is 100 Å². The molecule has 0 unspecified atom stereocenters. The van der Waals surface area contributed by atoms with Crippen molar-refractivity contribution in [1.29, 1.82) is 0 Å². The summed E-state index contributed by atoms with van der Waals surface area (Å²) in [6.45, 7) is 2.09. The first-order valence-electron chi connectivity index (χ1n) is 21.7. The maximum atomic E-state index is 6.93. The minimum atomic E-state index is 0. The van der Waals surface area contributed by atoms with Gasteiger partial charge in [0.2, 0.25) is 5.78 Å². The standard InChI is InChI=1S/C57H33N6O3.Pt/c1-3-14-36(15-4-1)40-19-13-20-41(37-16-5-2-6-17-37)55(40)61-29-28-60(35-61)38-30-45-44-33-43-42-18-7-10-23-50(42)65-51(43)34-52(44)66-56(45)53(31-38)64-39-25-26-48-49(32-39)63(54-24-11-12-27-58-54)57-59-46-21-8-9-22-47(46)62(48)57;/h1-30,33-35H;/q-3;. The Bertz CT molecular complexity index is 4020. The summed E-state index contributed by atoms with van der Waals surface area (Å²) in [6.07, 6.45) is 5.93. The van der Waals surface area contributed by atoms with Crippen molar-refractivity contribution in [2.24, 2.45) is 0 Å². The maximum Gasteiger partial charge on any atom is 0.208 e. The molecule has 0 saturated heterocycles.